The highest BCUT2D eigenvalue weighted by molar-refractivity contribution is 6.09. The van der Waals surface area contributed by atoms with Crippen molar-refractivity contribution in [2.75, 3.05) is 0 Å². The van der Waals surface area contributed by atoms with Crippen molar-refractivity contribution in [1.82, 2.24) is 0 Å². The molecule has 0 saturated heterocycles. The molecule has 0 aliphatic heterocycles. The van der Waals surface area contributed by atoms with E-state index >= 15 is 0 Å². The monoisotopic (exact) mass is 340 g/mol. The fourth-order valence-corrected chi connectivity index (χ4v) is 2.32. The first kappa shape index (κ1) is 18.7. The molecular weight excluding hydrogens is 316 g/mol. The minimum Gasteiger partial charge on any atom is -0.428 e. The summed E-state index contributed by atoms with van der Waals surface area (Å²) >= 11 is 0. The molecule has 0 radical (unpaired) electrons. The molecule has 0 heterocycles. The molecule has 0 aliphatic rings. The average molecular weight is 340 g/mol. The fraction of sp³-hybridized carbons (Fsp3) is 0.333. The number of benzene rings is 2. The topological polar surface area (TPSA) is 52.6 Å². The molecule has 0 unspecified atom stereocenters. The van der Waals surface area contributed by atoms with Crippen molar-refractivity contribution in [2.45, 2.75) is 46.1 Å². The van der Waals surface area contributed by atoms with Gasteiger partial charge < -0.3 is 9.47 Å². The molecule has 132 valence electrons. The van der Waals surface area contributed by atoms with Crippen LogP contribution in [0.1, 0.15) is 55.6 Å². The van der Waals surface area contributed by atoms with Crippen LogP contribution in [0.4, 0.5) is 4.79 Å². The van der Waals surface area contributed by atoms with Gasteiger partial charge in [0, 0.05) is 11.1 Å². The van der Waals surface area contributed by atoms with Crippen LogP contribution in [-0.4, -0.2) is 17.5 Å². The third-order valence-corrected chi connectivity index (χ3v) is 3.46. The number of hydrogen-bond acceptors (Lipinski definition) is 4. The third kappa shape index (κ3) is 5.75. The van der Waals surface area contributed by atoms with Crippen LogP contribution in [-0.2, 0) is 11.2 Å². The molecule has 4 heteroatoms. The first-order valence-corrected chi connectivity index (χ1v) is 8.43. The van der Waals surface area contributed by atoms with Gasteiger partial charge in [0.1, 0.15) is 11.4 Å². The summed E-state index contributed by atoms with van der Waals surface area (Å²) in [7, 11) is 0. The highest BCUT2D eigenvalue weighted by Gasteiger charge is 2.18. The normalized spacial score (nSPS) is 11.0. The lowest BCUT2D eigenvalue weighted by molar-refractivity contribution is 0.0206. The summed E-state index contributed by atoms with van der Waals surface area (Å²) in [5.41, 5.74) is 1.79. The summed E-state index contributed by atoms with van der Waals surface area (Å²) in [6, 6.07) is 14.1. The minimum atomic E-state index is -0.766. The van der Waals surface area contributed by atoms with Gasteiger partial charge in [0.15, 0.2) is 5.78 Å². The summed E-state index contributed by atoms with van der Waals surface area (Å²) in [6.07, 6.45) is 1.32. The number of carbonyl (C=O) groups excluding carboxylic acids is 2. The van der Waals surface area contributed by atoms with Gasteiger partial charge in [0.2, 0.25) is 0 Å². The second-order valence-electron chi connectivity index (χ2n) is 6.87. The van der Waals surface area contributed by atoms with Gasteiger partial charge in [-0.25, -0.2) is 4.79 Å². The van der Waals surface area contributed by atoms with E-state index < -0.39 is 11.8 Å². The molecule has 2 aromatic rings. The Kier molecular flexibility index (Phi) is 5.97. The van der Waals surface area contributed by atoms with Gasteiger partial charge >= 0.3 is 6.16 Å². The van der Waals surface area contributed by atoms with Crippen LogP contribution in [0.3, 0.4) is 0 Å². The number of hydrogen-bond donors (Lipinski definition) is 0. The number of rotatable bonds is 5. The number of carbonyl (C=O) groups is 2. The van der Waals surface area contributed by atoms with Gasteiger partial charge in [-0.2, -0.15) is 0 Å². The summed E-state index contributed by atoms with van der Waals surface area (Å²) in [4.78, 5) is 24.1. The van der Waals surface area contributed by atoms with E-state index in [2.05, 4.69) is 6.92 Å². The molecule has 2 aromatic carbocycles. The van der Waals surface area contributed by atoms with E-state index in [0.29, 0.717) is 16.9 Å². The van der Waals surface area contributed by atoms with Gasteiger partial charge in [0.05, 0.1) is 0 Å². The van der Waals surface area contributed by atoms with Crippen molar-refractivity contribution >= 4 is 11.9 Å². The van der Waals surface area contributed by atoms with Crippen molar-refractivity contribution < 1.29 is 19.1 Å². The zero-order valence-corrected chi connectivity index (χ0v) is 15.2. The van der Waals surface area contributed by atoms with Crippen LogP contribution in [0.2, 0.25) is 0 Å². The van der Waals surface area contributed by atoms with Crippen molar-refractivity contribution in [2.24, 2.45) is 0 Å². The van der Waals surface area contributed by atoms with Crippen LogP contribution in [0.25, 0.3) is 0 Å². The Bertz CT molecular complexity index is 722. The Morgan fingerprint density at radius 3 is 1.88 bits per heavy atom. The number of ketones is 1. The highest BCUT2D eigenvalue weighted by Crippen LogP contribution is 2.18. The largest absolute Gasteiger partial charge is 0.514 e. The summed E-state index contributed by atoms with van der Waals surface area (Å²) in [6.45, 7) is 7.42. The standard InChI is InChI=1S/C21H24O4/c1-5-6-15-7-9-16(10-8-15)19(22)17-11-13-18(14-12-17)24-20(23)25-21(2,3)4/h7-14H,5-6H2,1-4H3. The first-order chi connectivity index (χ1) is 11.8. The maximum atomic E-state index is 12.5. The van der Waals surface area contributed by atoms with E-state index in [4.69, 9.17) is 9.47 Å². The van der Waals surface area contributed by atoms with Crippen LogP contribution >= 0.6 is 0 Å². The molecule has 0 bridgehead atoms. The molecule has 0 amide bonds. The minimum absolute atomic E-state index is 0.0631. The zero-order valence-electron chi connectivity index (χ0n) is 15.2. The SMILES string of the molecule is CCCc1ccc(C(=O)c2ccc(OC(=O)OC(C)(C)C)cc2)cc1. The van der Waals surface area contributed by atoms with Gasteiger partial charge in [-0.3, -0.25) is 4.79 Å². The molecule has 0 atom stereocenters. The van der Waals surface area contributed by atoms with Gasteiger partial charge in [-0.1, -0.05) is 37.6 Å². The highest BCUT2D eigenvalue weighted by atomic mass is 16.7. The van der Waals surface area contributed by atoms with Crippen LogP contribution < -0.4 is 4.74 Å². The molecule has 0 spiro atoms. The fourth-order valence-electron chi connectivity index (χ4n) is 2.32. The molecule has 0 fully saturated rings. The molecule has 4 nitrogen and oxygen atoms in total. The Morgan fingerprint density at radius 2 is 1.40 bits per heavy atom. The molecule has 0 aromatic heterocycles. The van der Waals surface area contributed by atoms with E-state index in [0.717, 1.165) is 12.8 Å². The smallest absolute Gasteiger partial charge is 0.428 e. The lowest BCUT2D eigenvalue weighted by Crippen LogP contribution is -2.25. The predicted molar refractivity (Wildman–Crippen MR) is 97.2 cm³/mol. The van der Waals surface area contributed by atoms with Crippen LogP contribution in [0.5, 0.6) is 5.75 Å². The van der Waals surface area contributed by atoms with Gasteiger partial charge in [0.25, 0.3) is 0 Å². The van der Waals surface area contributed by atoms with Gasteiger partial charge in [-0.15, -0.1) is 0 Å². The first-order valence-electron chi connectivity index (χ1n) is 8.43. The Hall–Kier alpha value is -2.62. The average Bonchev–Trinajstić information content (AvgIpc) is 2.54. The van der Waals surface area contributed by atoms with Crippen molar-refractivity contribution in [3.05, 3.63) is 65.2 Å². The number of aryl methyl sites for hydroxylation is 1. The molecule has 0 aliphatic carbocycles. The summed E-state index contributed by atoms with van der Waals surface area (Å²) in [5.74, 6) is 0.274. The Morgan fingerprint density at radius 1 is 0.880 bits per heavy atom. The van der Waals surface area contributed by atoms with Crippen LogP contribution in [0, 0.1) is 0 Å². The van der Waals surface area contributed by atoms with E-state index in [9.17, 15) is 9.59 Å². The van der Waals surface area contributed by atoms with E-state index in [-0.39, 0.29) is 5.78 Å². The second-order valence-corrected chi connectivity index (χ2v) is 6.87. The van der Waals surface area contributed by atoms with Crippen molar-refractivity contribution in [1.29, 1.82) is 0 Å². The van der Waals surface area contributed by atoms with E-state index in [1.807, 2.05) is 24.3 Å². The predicted octanol–water partition coefficient (Wildman–Crippen LogP) is 5.18. The Labute approximate surface area is 148 Å². The van der Waals surface area contributed by atoms with Crippen LogP contribution in [0.15, 0.2) is 48.5 Å². The van der Waals surface area contributed by atoms with Crippen molar-refractivity contribution in [3.8, 4) is 5.75 Å². The quantitative estimate of drug-likeness (QED) is 0.427. The maximum Gasteiger partial charge on any atom is 0.514 e. The second kappa shape index (κ2) is 7.97. The molecule has 25 heavy (non-hydrogen) atoms. The van der Waals surface area contributed by atoms with E-state index in [1.54, 1.807) is 45.0 Å². The Balaban J connectivity index is 2.03. The summed E-state index contributed by atoms with van der Waals surface area (Å²) < 4.78 is 10.2. The lowest BCUT2D eigenvalue weighted by atomic mass is 10.0. The maximum absolute atomic E-state index is 12.5. The number of ether oxygens (including phenoxy) is 2. The lowest BCUT2D eigenvalue weighted by Gasteiger charge is -2.18. The molecule has 2 rings (SSSR count). The molecule has 0 N–H and O–H groups in total. The molecule has 0 saturated carbocycles. The van der Waals surface area contributed by atoms with Gasteiger partial charge in [-0.05, 0) is 57.0 Å². The summed E-state index contributed by atoms with van der Waals surface area (Å²) in [5, 5.41) is 0. The van der Waals surface area contributed by atoms with Crippen molar-refractivity contribution in [3.63, 3.8) is 0 Å². The molecular formula is C21H24O4. The van der Waals surface area contributed by atoms with E-state index in [1.165, 1.54) is 5.56 Å². The third-order valence-electron chi connectivity index (χ3n) is 3.46. The zero-order chi connectivity index (χ0) is 18.4.